The zero-order valence-corrected chi connectivity index (χ0v) is 14.0. The number of nitrogens with zero attached hydrogens (tertiary/aromatic N) is 3. The monoisotopic (exact) mass is 343 g/mol. The summed E-state index contributed by atoms with van der Waals surface area (Å²) in [6.07, 6.45) is 2.58. The number of rotatable bonds is 4. The minimum Gasteiger partial charge on any atom is -0.463 e. The highest BCUT2D eigenvalue weighted by Gasteiger charge is 2.25. The van der Waals surface area contributed by atoms with Gasteiger partial charge in [0.15, 0.2) is 17.4 Å². The molecule has 3 aromatic rings. The lowest BCUT2D eigenvalue weighted by Crippen LogP contribution is -2.20. The molecule has 25 heavy (non-hydrogen) atoms. The SMILES string of the molecule is Cn1nc(CN2CCC(c3ccc(F)c(F)c3)C2)cc1-c1ccco1. The molecule has 1 aliphatic rings. The van der Waals surface area contributed by atoms with E-state index in [0.717, 1.165) is 48.8 Å². The minimum atomic E-state index is -0.794. The Balaban J connectivity index is 1.44. The Labute approximate surface area is 144 Å². The number of hydrogen-bond donors (Lipinski definition) is 0. The van der Waals surface area contributed by atoms with Crippen molar-refractivity contribution in [2.24, 2.45) is 7.05 Å². The predicted molar refractivity (Wildman–Crippen MR) is 89.9 cm³/mol. The second-order valence-corrected chi connectivity index (χ2v) is 6.52. The van der Waals surface area contributed by atoms with Crippen LogP contribution in [-0.4, -0.2) is 27.8 Å². The largest absolute Gasteiger partial charge is 0.463 e. The van der Waals surface area contributed by atoms with Crippen LogP contribution in [-0.2, 0) is 13.6 Å². The molecule has 0 radical (unpaired) electrons. The lowest BCUT2D eigenvalue weighted by Gasteiger charge is -2.15. The number of hydrogen-bond acceptors (Lipinski definition) is 3. The van der Waals surface area contributed by atoms with Crippen molar-refractivity contribution in [2.75, 3.05) is 13.1 Å². The van der Waals surface area contributed by atoms with Gasteiger partial charge in [0, 0.05) is 20.1 Å². The van der Waals surface area contributed by atoms with Crippen LogP contribution in [0.3, 0.4) is 0 Å². The topological polar surface area (TPSA) is 34.2 Å². The van der Waals surface area contributed by atoms with Crippen molar-refractivity contribution in [3.05, 3.63) is 65.6 Å². The standard InChI is InChI=1S/C19H19F2N3O/c1-23-18(19-3-2-8-25-19)10-15(22-23)12-24-7-6-14(11-24)13-4-5-16(20)17(21)9-13/h2-5,8-10,14H,6-7,11-12H2,1H3. The Hall–Kier alpha value is -2.47. The van der Waals surface area contributed by atoms with Gasteiger partial charge < -0.3 is 4.42 Å². The zero-order valence-electron chi connectivity index (χ0n) is 14.0. The summed E-state index contributed by atoms with van der Waals surface area (Å²) in [5.74, 6) is -0.549. The van der Waals surface area contributed by atoms with Gasteiger partial charge in [0.2, 0.25) is 0 Å². The molecule has 6 heteroatoms. The Morgan fingerprint density at radius 3 is 2.84 bits per heavy atom. The van der Waals surface area contributed by atoms with Gasteiger partial charge in [-0.2, -0.15) is 5.10 Å². The van der Waals surface area contributed by atoms with E-state index in [2.05, 4.69) is 10.00 Å². The third-order valence-electron chi connectivity index (χ3n) is 4.78. The molecule has 1 saturated heterocycles. The molecule has 0 spiro atoms. The van der Waals surface area contributed by atoms with Crippen LogP contribution >= 0.6 is 0 Å². The molecule has 0 amide bonds. The maximum Gasteiger partial charge on any atom is 0.159 e. The Kier molecular flexibility index (Phi) is 4.13. The van der Waals surface area contributed by atoms with Gasteiger partial charge in [-0.15, -0.1) is 0 Å². The molecule has 0 aliphatic carbocycles. The second-order valence-electron chi connectivity index (χ2n) is 6.52. The summed E-state index contributed by atoms with van der Waals surface area (Å²) in [6.45, 7) is 2.46. The molecule has 1 atom stereocenters. The third-order valence-corrected chi connectivity index (χ3v) is 4.78. The highest BCUT2D eigenvalue weighted by Crippen LogP contribution is 2.29. The van der Waals surface area contributed by atoms with E-state index in [4.69, 9.17) is 4.42 Å². The van der Waals surface area contributed by atoms with Crippen molar-refractivity contribution < 1.29 is 13.2 Å². The smallest absolute Gasteiger partial charge is 0.159 e. The first-order valence-electron chi connectivity index (χ1n) is 8.34. The molecule has 130 valence electrons. The van der Waals surface area contributed by atoms with Crippen LogP contribution in [0.15, 0.2) is 47.1 Å². The van der Waals surface area contributed by atoms with E-state index in [1.54, 1.807) is 12.3 Å². The molecule has 0 bridgehead atoms. The number of benzene rings is 1. The summed E-state index contributed by atoms with van der Waals surface area (Å²) in [6, 6.07) is 10.0. The lowest BCUT2D eigenvalue weighted by molar-refractivity contribution is 0.321. The zero-order chi connectivity index (χ0) is 17.4. The predicted octanol–water partition coefficient (Wildman–Crippen LogP) is 3.95. The fraction of sp³-hybridized carbons (Fsp3) is 0.316. The van der Waals surface area contributed by atoms with Crippen molar-refractivity contribution in [2.45, 2.75) is 18.9 Å². The van der Waals surface area contributed by atoms with Crippen LogP contribution in [0.25, 0.3) is 11.5 Å². The fourth-order valence-corrected chi connectivity index (χ4v) is 3.50. The molecular weight excluding hydrogens is 324 g/mol. The van der Waals surface area contributed by atoms with Crippen LogP contribution in [0.1, 0.15) is 23.6 Å². The number of aromatic nitrogens is 2. The van der Waals surface area contributed by atoms with E-state index in [1.807, 2.05) is 29.9 Å². The first-order valence-corrected chi connectivity index (χ1v) is 8.34. The van der Waals surface area contributed by atoms with Crippen LogP contribution in [0, 0.1) is 11.6 Å². The average Bonchev–Trinajstić information content (AvgIpc) is 3.31. The number of halogens is 2. The number of aryl methyl sites for hydroxylation is 1. The highest BCUT2D eigenvalue weighted by molar-refractivity contribution is 5.52. The van der Waals surface area contributed by atoms with Gasteiger partial charge in [0.05, 0.1) is 12.0 Å². The van der Waals surface area contributed by atoms with Gasteiger partial charge in [0.25, 0.3) is 0 Å². The summed E-state index contributed by atoms with van der Waals surface area (Å²) >= 11 is 0. The Bertz CT molecular complexity index is 873. The average molecular weight is 343 g/mol. The fourth-order valence-electron chi connectivity index (χ4n) is 3.50. The van der Waals surface area contributed by atoms with Crippen molar-refractivity contribution in [1.29, 1.82) is 0 Å². The Morgan fingerprint density at radius 2 is 2.08 bits per heavy atom. The summed E-state index contributed by atoms with van der Waals surface area (Å²) in [5, 5.41) is 4.56. The quantitative estimate of drug-likeness (QED) is 0.719. The molecule has 2 aromatic heterocycles. The van der Waals surface area contributed by atoms with Crippen molar-refractivity contribution >= 4 is 0 Å². The van der Waals surface area contributed by atoms with Gasteiger partial charge in [-0.05, 0) is 54.8 Å². The van der Waals surface area contributed by atoms with E-state index in [0.29, 0.717) is 0 Å². The van der Waals surface area contributed by atoms with E-state index in [9.17, 15) is 8.78 Å². The summed E-state index contributed by atoms with van der Waals surface area (Å²) in [7, 11) is 1.90. The van der Waals surface area contributed by atoms with E-state index in [1.165, 1.54) is 12.1 Å². The second kappa shape index (κ2) is 6.44. The molecule has 0 saturated carbocycles. The molecular formula is C19H19F2N3O. The van der Waals surface area contributed by atoms with Crippen LogP contribution < -0.4 is 0 Å². The molecule has 1 aromatic carbocycles. The third kappa shape index (κ3) is 3.22. The van der Waals surface area contributed by atoms with Crippen molar-refractivity contribution in [1.82, 2.24) is 14.7 Å². The molecule has 0 N–H and O–H groups in total. The van der Waals surface area contributed by atoms with E-state index >= 15 is 0 Å². The van der Waals surface area contributed by atoms with Gasteiger partial charge in [0.1, 0.15) is 5.69 Å². The molecule has 1 aliphatic heterocycles. The van der Waals surface area contributed by atoms with Crippen LogP contribution in [0.5, 0.6) is 0 Å². The molecule has 4 rings (SSSR count). The normalized spacial score (nSPS) is 18.1. The molecule has 1 fully saturated rings. The van der Waals surface area contributed by atoms with Gasteiger partial charge in [-0.1, -0.05) is 6.07 Å². The van der Waals surface area contributed by atoms with Crippen molar-refractivity contribution in [3.63, 3.8) is 0 Å². The van der Waals surface area contributed by atoms with E-state index in [-0.39, 0.29) is 5.92 Å². The van der Waals surface area contributed by atoms with Crippen LogP contribution in [0.2, 0.25) is 0 Å². The molecule has 1 unspecified atom stereocenters. The van der Waals surface area contributed by atoms with Crippen LogP contribution in [0.4, 0.5) is 8.78 Å². The van der Waals surface area contributed by atoms with Gasteiger partial charge in [-0.25, -0.2) is 8.78 Å². The van der Waals surface area contributed by atoms with E-state index < -0.39 is 11.6 Å². The van der Waals surface area contributed by atoms with Gasteiger partial charge in [-0.3, -0.25) is 9.58 Å². The van der Waals surface area contributed by atoms with Crippen molar-refractivity contribution in [3.8, 4) is 11.5 Å². The van der Waals surface area contributed by atoms with Gasteiger partial charge >= 0.3 is 0 Å². The molecule has 3 heterocycles. The number of likely N-dealkylation sites (tertiary alicyclic amines) is 1. The molecule has 4 nitrogen and oxygen atoms in total. The maximum absolute atomic E-state index is 13.4. The first-order chi connectivity index (χ1) is 12.1. The highest BCUT2D eigenvalue weighted by atomic mass is 19.2. The first kappa shape index (κ1) is 16.0. The lowest BCUT2D eigenvalue weighted by atomic mass is 9.98. The summed E-state index contributed by atoms with van der Waals surface area (Å²) in [4.78, 5) is 2.29. The Morgan fingerprint density at radius 1 is 1.20 bits per heavy atom. The summed E-state index contributed by atoms with van der Waals surface area (Å²) < 4.78 is 33.8. The number of furan rings is 1. The summed E-state index contributed by atoms with van der Waals surface area (Å²) in [5.41, 5.74) is 2.77. The maximum atomic E-state index is 13.4. The minimum absolute atomic E-state index is 0.225.